The lowest BCUT2D eigenvalue weighted by molar-refractivity contribution is -0.199. The SMILES string of the molecule is CCOC1CC(O)C12CCN(c1nc3ccccc3[nH]1)CC2. The number of aromatic amines is 1. The Kier molecular flexibility index (Phi) is 3.35. The fourth-order valence-corrected chi connectivity index (χ4v) is 4.04. The minimum atomic E-state index is -0.207. The van der Waals surface area contributed by atoms with Crippen molar-refractivity contribution in [2.75, 3.05) is 24.6 Å². The molecule has 118 valence electrons. The van der Waals surface area contributed by atoms with E-state index in [9.17, 15) is 5.11 Å². The van der Waals surface area contributed by atoms with E-state index in [1.165, 1.54) is 0 Å². The number of hydrogen-bond acceptors (Lipinski definition) is 4. The zero-order valence-corrected chi connectivity index (χ0v) is 13.0. The van der Waals surface area contributed by atoms with Gasteiger partial charge in [-0.2, -0.15) is 0 Å². The first-order valence-corrected chi connectivity index (χ1v) is 8.22. The largest absolute Gasteiger partial charge is 0.392 e. The number of H-pyrrole nitrogens is 1. The standard InChI is InChI=1S/C17H23N3O2/c1-2-22-15-11-14(21)17(15)7-9-20(10-8-17)16-18-12-5-3-4-6-13(12)19-16/h3-6,14-15,21H,2,7-11H2,1H3,(H,18,19). The number of rotatable bonds is 3. The number of benzene rings is 1. The number of para-hydroxylation sites is 2. The van der Waals surface area contributed by atoms with Crippen molar-refractivity contribution in [2.45, 2.75) is 38.4 Å². The van der Waals surface area contributed by atoms with Crippen LogP contribution in [0.4, 0.5) is 5.95 Å². The van der Waals surface area contributed by atoms with Gasteiger partial charge in [0.15, 0.2) is 0 Å². The molecular weight excluding hydrogens is 278 g/mol. The second-order valence-corrected chi connectivity index (χ2v) is 6.49. The van der Waals surface area contributed by atoms with E-state index in [0.29, 0.717) is 0 Å². The Bertz CT molecular complexity index is 626. The van der Waals surface area contributed by atoms with Gasteiger partial charge >= 0.3 is 0 Å². The molecule has 0 amide bonds. The van der Waals surface area contributed by atoms with E-state index in [4.69, 9.17) is 4.74 Å². The average Bonchev–Trinajstić information content (AvgIpc) is 2.99. The average molecular weight is 301 g/mol. The van der Waals surface area contributed by atoms with Crippen LogP contribution in [0.2, 0.25) is 0 Å². The van der Waals surface area contributed by atoms with Gasteiger partial charge in [-0.1, -0.05) is 12.1 Å². The van der Waals surface area contributed by atoms with Crippen molar-refractivity contribution in [1.82, 2.24) is 9.97 Å². The van der Waals surface area contributed by atoms with Crippen molar-refractivity contribution in [3.8, 4) is 0 Å². The fraction of sp³-hybridized carbons (Fsp3) is 0.588. The second kappa shape index (κ2) is 5.25. The van der Waals surface area contributed by atoms with Crippen molar-refractivity contribution in [3.63, 3.8) is 0 Å². The number of imidazole rings is 1. The summed E-state index contributed by atoms with van der Waals surface area (Å²) in [7, 11) is 0. The molecule has 2 aromatic rings. The van der Waals surface area contributed by atoms with Crippen LogP contribution in [-0.2, 0) is 4.74 Å². The summed E-state index contributed by atoms with van der Waals surface area (Å²) in [5.41, 5.74) is 2.06. The second-order valence-electron chi connectivity index (χ2n) is 6.49. The predicted molar refractivity (Wildman–Crippen MR) is 86.0 cm³/mol. The van der Waals surface area contributed by atoms with Gasteiger partial charge in [-0.25, -0.2) is 4.98 Å². The van der Waals surface area contributed by atoms with Crippen LogP contribution in [0.3, 0.4) is 0 Å². The van der Waals surface area contributed by atoms with Crippen molar-refractivity contribution in [1.29, 1.82) is 0 Å². The maximum Gasteiger partial charge on any atom is 0.203 e. The Morgan fingerprint density at radius 1 is 1.36 bits per heavy atom. The topological polar surface area (TPSA) is 61.4 Å². The highest BCUT2D eigenvalue weighted by Crippen LogP contribution is 2.51. The summed E-state index contributed by atoms with van der Waals surface area (Å²) in [5, 5.41) is 10.3. The van der Waals surface area contributed by atoms with Crippen LogP contribution in [0, 0.1) is 5.41 Å². The van der Waals surface area contributed by atoms with Crippen LogP contribution < -0.4 is 4.90 Å². The van der Waals surface area contributed by atoms with E-state index in [-0.39, 0.29) is 17.6 Å². The van der Waals surface area contributed by atoms with Crippen molar-refractivity contribution < 1.29 is 9.84 Å². The van der Waals surface area contributed by atoms with Crippen molar-refractivity contribution >= 4 is 17.0 Å². The third-order valence-electron chi connectivity index (χ3n) is 5.48. The van der Waals surface area contributed by atoms with Crippen LogP contribution >= 0.6 is 0 Å². The monoisotopic (exact) mass is 301 g/mol. The Morgan fingerprint density at radius 2 is 2.14 bits per heavy atom. The summed E-state index contributed by atoms with van der Waals surface area (Å²) in [6.07, 6.45) is 2.75. The molecule has 2 N–H and O–H groups in total. The summed E-state index contributed by atoms with van der Waals surface area (Å²) in [5.74, 6) is 0.942. The Labute approximate surface area is 130 Å². The molecule has 1 spiro atoms. The number of ether oxygens (including phenoxy) is 1. The van der Waals surface area contributed by atoms with E-state index < -0.39 is 0 Å². The zero-order valence-electron chi connectivity index (χ0n) is 13.0. The van der Waals surface area contributed by atoms with E-state index in [0.717, 1.165) is 55.9 Å². The molecule has 2 unspecified atom stereocenters. The molecule has 5 nitrogen and oxygen atoms in total. The molecule has 5 heteroatoms. The van der Waals surface area contributed by atoms with Gasteiger partial charge in [-0.3, -0.25) is 0 Å². The molecular formula is C17H23N3O2. The molecule has 1 saturated carbocycles. The Hall–Kier alpha value is -1.59. The normalized spacial score (nSPS) is 27.3. The first-order valence-electron chi connectivity index (χ1n) is 8.22. The molecule has 1 aromatic carbocycles. The first kappa shape index (κ1) is 14.0. The zero-order chi connectivity index (χ0) is 15.2. The lowest BCUT2D eigenvalue weighted by Crippen LogP contribution is -2.62. The van der Waals surface area contributed by atoms with Gasteiger partial charge in [0, 0.05) is 31.5 Å². The van der Waals surface area contributed by atoms with Crippen LogP contribution in [0.15, 0.2) is 24.3 Å². The van der Waals surface area contributed by atoms with Gasteiger partial charge in [-0.15, -0.1) is 0 Å². The van der Waals surface area contributed by atoms with E-state index in [2.05, 4.69) is 20.9 Å². The number of hydrogen-bond donors (Lipinski definition) is 2. The minimum Gasteiger partial charge on any atom is -0.392 e. The summed E-state index contributed by atoms with van der Waals surface area (Å²) >= 11 is 0. The van der Waals surface area contributed by atoms with Crippen molar-refractivity contribution in [2.24, 2.45) is 5.41 Å². The predicted octanol–water partition coefficient (Wildman–Crippen LogP) is 2.32. The number of nitrogens with one attached hydrogen (secondary N) is 1. The van der Waals surface area contributed by atoms with Crippen LogP contribution in [-0.4, -0.2) is 47.0 Å². The highest BCUT2D eigenvalue weighted by molar-refractivity contribution is 5.77. The van der Waals surface area contributed by atoms with Gasteiger partial charge in [0.2, 0.25) is 5.95 Å². The number of nitrogens with zero attached hydrogens (tertiary/aromatic N) is 2. The Morgan fingerprint density at radius 3 is 2.82 bits per heavy atom. The maximum atomic E-state index is 10.3. The van der Waals surface area contributed by atoms with E-state index >= 15 is 0 Å². The molecule has 0 radical (unpaired) electrons. The maximum absolute atomic E-state index is 10.3. The molecule has 2 heterocycles. The van der Waals surface area contributed by atoms with Gasteiger partial charge in [0.1, 0.15) is 0 Å². The number of piperidine rings is 1. The lowest BCUT2D eigenvalue weighted by Gasteiger charge is -2.56. The molecule has 1 aliphatic carbocycles. The number of anilines is 1. The highest BCUT2D eigenvalue weighted by atomic mass is 16.5. The molecule has 4 rings (SSSR count). The summed E-state index contributed by atoms with van der Waals surface area (Å²) < 4.78 is 5.83. The highest BCUT2D eigenvalue weighted by Gasteiger charge is 2.56. The quantitative estimate of drug-likeness (QED) is 0.913. The molecule has 2 atom stereocenters. The third kappa shape index (κ3) is 2.03. The number of aliphatic hydroxyl groups excluding tert-OH is 1. The number of aromatic nitrogens is 2. The molecule has 2 fully saturated rings. The van der Waals surface area contributed by atoms with Gasteiger partial charge in [0.25, 0.3) is 0 Å². The molecule has 2 aliphatic rings. The minimum absolute atomic E-state index is 0.0292. The van der Waals surface area contributed by atoms with Gasteiger partial charge in [0.05, 0.1) is 23.2 Å². The number of fused-ring (bicyclic) bond motifs is 1. The van der Waals surface area contributed by atoms with E-state index in [1.54, 1.807) is 0 Å². The van der Waals surface area contributed by atoms with Crippen LogP contribution in [0.1, 0.15) is 26.2 Å². The summed E-state index contributed by atoms with van der Waals surface area (Å²) in [4.78, 5) is 10.4. The molecule has 1 aromatic heterocycles. The molecule has 0 bridgehead atoms. The van der Waals surface area contributed by atoms with Gasteiger partial charge in [-0.05, 0) is 31.9 Å². The fourth-order valence-electron chi connectivity index (χ4n) is 4.04. The third-order valence-corrected chi connectivity index (χ3v) is 5.48. The van der Waals surface area contributed by atoms with Crippen LogP contribution in [0.5, 0.6) is 0 Å². The van der Waals surface area contributed by atoms with Crippen LogP contribution in [0.25, 0.3) is 11.0 Å². The Balaban J connectivity index is 1.49. The van der Waals surface area contributed by atoms with Gasteiger partial charge < -0.3 is 19.7 Å². The summed E-state index contributed by atoms with van der Waals surface area (Å²) in [6.45, 7) is 4.59. The first-order chi connectivity index (χ1) is 10.7. The molecule has 1 aliphatic heterocycles. The lowest BCUT2D eigenvalue weighted by atomic mass is 9.58. The van der Waals surface area contributed by atoms with Crippen molar-refractivity contribution in [3.05, 3.63) is 24.3 Å². The molecule has 22 heavy (non-hydrogen) atoms. The molecule has 1 saturated heterocycles. The van der Waals surface area contributed by atoms with E-state index in [1.807, 2.05) is 25.1 Å². The number of aliphatic hydroxyl groups is 1. The summed E-state index contributed by atoms with van der Waals surface area (Å²) in [6, 6.07) is 8.11. The smallest absolute Gasteiger partial charge is 0.203 e.